The molecule has 0 unspecified atom stereocenters. The Labute approximate surface area is 101 Å². The number of benzene rings is 1. The second-order valence-electron chi connectivity index (χ2n) is 5.48. The first-order valence-electron chi connectivity index (χ1n) is 6.18. The van der Waals surface area contributed by atoms with Crippen LogP contribution in [-0.4, -0.2) is 22.5 Å². The second kappa shape index (κ2) is 3.84. The van der Waals surface area contributed by atoms with E-state index in [2.05, 4.69) is 29.2 Å². The third-order valence-corrected chi connectivity index (χ3v) is 3.95. The van der Waals surface area contributed by atoms with Gasteiger partial charge in [-0.05, 0) is 29.4 Å². The Morgan fingerprint density at radius 2 is 1.82 bits per heavy atom. The number of fused-ring (bicyclic) bond motifs is 1. The predicted molar refractivity (Wildman–Crippen MR) is 64.5 cm³/mol. The summed E-state index contributed by atoms with van der Waals surface area (Å²) in [5.41, 5.74) is 2.88. The smallest absolute Gasteiger partial charge is 0.303 e. The van der Waals surface area contributed by atoms with E-state index in [0.717, 1.165) is 32.5 Å². The highest BCUT2D eigenvalue weighted by atomic mass is 16.4. The maximum Gasteiger partial charge on any atom is 0.303 e. The summed E-state index contributed by atoms with van der Waals surface area (Å²) < 4.78 is 0. The van der Waals surface area contributed by atoms with Crippen LogP contribution in [0.1, 0.15) is 30.4 Å². The number of rotatable bonds is 4. The zero-order valence-corrected chi connectivity index (χ0v) is 9.85. The molecule has 3 heteroatoms. The van der Waals surface area contributed by atoms with E-state index >= 15 is 0 Å². The Kier molecular flexibility index (Phi) is 2.44. The van der Waals surface area contributed by atoms with Crippen molar-refractivity contribution in [2.75, 3.05) is 6.54 Å². The minimum atomic E-state index is -0.654. The highest BCUT2D eigenvalue weighted by Crippen LogP contribution is 2.50. The Bertz CT molecular complexity index is 426. The summed E-state index contributed by atoms with van der Waals surface area (Å²) in [5.74, 6) is -0.654. The van der Waals surface area contributed by atoms with Crippen molar-refractivity contribution in [3.05, 3.63) is 35.4 Å². The molecule has 17 heavy (non-hydrogen) atoms. The monoisotopic (exact) mass is 231 g/mol. The molecule has 1 heterocycles. The van der Waals surface area contributed by atoms with Gasteiger partial charge in [0.25, 0.3) is 0 Å². The molecular weight excluding hydrogens is 214 g/mol. The maximum atomic E-state index is 10.8. The van der Waals surface area contributed by atoms with Crippen molar-refractivity contribution < 1.29 is 9.90 Å². The van der Waals surface area contributed by atoms with Crippen LogP contribution in [0.4, 0.5) is 0 Å². The van der Waals surface area contributed by atoms with Gasteiger partial charge < -0.3 is 5.11 Å². The highest BCUT2D eigenvalue weighted by Gasteiger charge is 2.46. The molecular formula is C14H17NO2. The van der Waals surface area contributed by atoms with E-state index < -0.39 is 5.97 Å². The van der Waals surface area contributed by atoms with E-state index in [9.17, 15) is 4.79 Å². The zero-order valence-electron chi connectivity index (χ0n) is 9.85. The first-order chi connectivity index (χ1) is 8.17. The van der Waals surface area contributed by atoms with Crippen molar-refractivity contribution in [2.24, 2.45) is 5.41 Å². The van der Waals surface area contributed by atoms with Gasteiger partial charge >= 0.3 is 5.97 Å². The lowest BCUT2D eigenvalue weighted by Gasteiger charge is -2.21. The van der Waals surface area contributed by atoms with E-state index in [1.54, 1.807) is 0 Å². The van der Waals surface area contributed by atoms with Crippen LogP contribution in [0.15, 0.2) is 24.3 Å². The number of aliphatic carboxylic acids is 1. The minimum Gasteiger partial charge on any atom is -0.481 e. The number of carbonyl (C=O) groups is 1. The van der Waals surface area contributed by atoms with Crippen molar-refractivity contribution in [1.29, 1.82) is 0 Å². The van der Waals surface area contributed by atoms with Gasteiger partial charge in [0.15, 0.2) is 0 Å². The Balaban J connectivity index is 1.64. The molecule has 1 aromatic carbocycles. The molecule has 1 fully saturated rings. The number of hydrogen-bond donors (Lipinski definition) is 1. The lowest BCUT2D eigenvalue weighted by molar-refractivity contribution is -0.138. The molecule has 0 amide bonds. The molecule has 1 N–H and O–H groups in total. The van der Waals surface area contributed by atoms with Gasteiger partial charge in [-0.15, -0.1) is 0 Å². The van der Waals surface area contributed by atoms with Gasteiger partial charge in [-0.2, -0.15) is 0 Å². The lowest BCUT2D eigenvalue weighted by Crippen LogP contribution is -2.27. The normalized spacial score (nSPS) is 21.2. The molecule has 1 saturated carbocycles. The van der Waals surface area contributed by atoms with E-state index in [1.165, 1.54) is 11.1 Å². The largest absolute Gasteiger partial charge is 0.481 e. The summed E-state index contributed by atoms with van der Waals surface area (Å²) in [6.45, 7) is 2.91. The molecule has 90 valence electrons. The molecule has 1 aromatic rings. The van der Waals surface area contributed by atoms with Crippen LogP contribution in [0, 0.1) is 5.41 Å². The van der Waals surface area contributed by atoms with Crippen molar-refractivity contribution >= 4 is 5.97 Å². The molecule has 0 spiro atoms. The first kappa shape index (κ1) is 10.8. The molecule has 3 rings (SSSR count). The first-order valence-corrected chi connectivity index (χ1v) is 6.18. The van der Waals surface area contributed by atoms with Crippen LogP contribution in [-0.2, 0) is 17.9 Å². The Hall–Kier alpha value is -1.35. The van der Waals surface area contributed by atoms with E-state index in [1.807, 2.05) is 0 Å². The van der Waals surface area contributed by atoms with Gasteiger partial charge in [0, 0.05) is 19.6 Å². The number of hydrogen-bond acceptors (Lipinski definition) is 2. The summed E-state index contributed by atoms with van der Waals surface area (Å²) in [7, 11) is 0. The lowest BCUT2D eigenvalue weighted by atomic mass is 10.0. The summed E-state index contributed by atoms with van der Waals surface area (Å²) in [5, 5.41) is 8.92. The maximum absolute atomic E-state index is 10.8. The third-order valence-electron chi connectivity index (χ3n) is 3.95. The fourth-order valence-corrected chi connectivity index (χ4v) is 2.88. The second-order valence-corrected chi connectivity index (χ2v) is 5.48. The topological polar surface area (TPSA) is 40.5 Å². The van der Waals surface area contributed by atoms with Gasteiger partial charge in [0.2, 0.25) is 0 Å². The molecule has 1 aliphatic heterocycles. The van der Waals surface area contributed by atoms with E-state index in [4.69, 9.17) is 5.11 Å². The fourth-order valence-electron chi connectivity index (χ4n) is 2.88. The van der Waals surface area contributed by atoms with Gasteiger partial charge in [-0.1, -0.05) is 24.3 Å². The number of carboxylic acid groups (broad SMARTS) is 1. The van der Waals surface area contributed by atoms with Crippen molar-refractivity contribution in [2.45, 2.75) is 32.4 Å². The van der Waals surface area contributed by atoms with Gasteiger partial charge in [-0.3, -0.25) is 9.69 Å². The molecule has 2 aliphatic rings. The summed E-state index contributed by atoms with van der Waals surface area (Å²) >= 11 is 0. The zero-order chi connectivity index (χ0) is 11.9. The highest BCUT2D eigenvalue weighted by molar-refractivity contribution is 5.68. The standard InChI is InChI=1S/C14H17NO2/c16-13(17)7-14(5-6-14)10-15-8-11-3-1-2-4-12(11)9-15/h1-4H,5-10H2,(H,16,17). The van der Waals surface area contributed by atoms with Gasteiger partial charge in [0.05, 0.1) is 6.42 Å². The molecule has 1 aliphatic carbocycles. The van der Waals surface area contributed by atoms with Crippen molar-refractivity contribution in [3.63, 3.8) is 0 Å². The molecule has 0 radical (unpaired) electrons. The van der Waals surface area contributed by atoms with Crippen LogP contribution < -0.4 is 0 Å². The Morgan fingerprint density at radius 3 is 2.29 bits per heavy atom. The molecule has 0 saturated heterocycles. The van der Waals surface area contributed by atoms with Crippen molar-refractivity contribution in [1.82, 2.24) is 4.90 Å². The average Bonchev–Trinajstić information content (AvgIpc) is 2.89. The molecule has 0 aromatic heterocycles. The number of nitrogens with zero attached hydrogens (tertiary/aromatic N) is 1. The van der Waals surface area contributed by atoms with Gasteiger partial charge in [-0.25, -0.2) is 0 Å². The third kappa shape index (κ3) is 2.20. The van der Waals surface area contributed by atoms with Crippen LogP contribution in [0.3, 0.4) is 0 Å². The quantitative estimate of drug-likeness (QED) is 0.864. The predicted octanol–water partition coefficient (Wildman–Crippen LogP) is 2.26. The SMILES string of the molecule is O=C(O)CC1(CN2Cc3ccccc3C2)CC1. The van der Waals surface area contributed by atoms with Crippen LogP contribution >= 0.6 is 0 Å². The minimum absolute atomic E-state index is 0.0773. The van der Waals surface area contributed by atoms with E-state index in [-0.39, 0.29) is 5.41 Å². The molecule has 0 atom stereocenters. The van der Waals surface area contributed by atoms with Crippen LogP contribution in [0.5, 0.6) is 0 Å². The Morgan fingerprint density at radius 1 is 1.24 bits per heavy atom. The van der Waals surface area contributed by atoms with Gasteiger partial charge in [0.1, 0.15) is 0 Å². The fraction of sp³-hybridized carbons (Fsp3) is 0.500. The summed E-state index contributed by atoms with van der Waals surface area (Å²) in [6.07, 6.45) is 2.48. The summed E-state index contributed by atoms with van der Waals surface area (Å²) in [4.78, 5) is 13.2. The van der Waals surface area contributed by atoms with E-state index in [0.29, 0.717) is 6.42 Å². The van der Waals surface area contributed by atoms with Crippen LogP contribution in [0.2, 0.25) is 0 Å². The molecule has 0 bridgehead atoms. The number of carboxylic acids is 1. The average molecular weight is 231 g/mol. The van der Waals surface area contributed by atoms with Crippen molar-refractivity contribution in [3.8, 4) is 0 Å². The van der Waals surface area contributed by atoms with Crippen LogP contribution in [0.25, 0.3) is 0 Å². The summed E-state index contributed by atoms with van der Waals surface area (Å²) in [6, 6.07) is 8.50. The molecule has 3 nitrogen and oxygen atoms in total.